The summed E-state index contributed by atoms with van der Waals surface area (Å²) in [6.45, 7) is 7.59. The molecule has 6 nitrogen and oxygen atoms in total. The molecule has 0 bridgehead atoms. The summed E-state index contributed by atoms with van der Waals surface area (Å²) in [5.41, 5.74) is 5.68. The van der Waals surface area contributed by atoms with E-state index in [0.29, 0.717) is 13.2 Å². The summed E-state index contributed by atoms with van der Waals surface area (Å²) in [6.07, 6.45) is 1.62. The Hall–Kier alpha value is -3.80. The molecule has 2 heterocycles. The van der Waals surface area contributed by atoms with Gasteiger partial charge in [-0.1, -0.05) is 60.2 Å². The zero-order valence-corrected chi connectivity index (χ0v) is 21.1. The Morgan fingerprint density at radius 1 is 1.03 bits per heavy atom. The molecule has 0 atom stereocenters. The van der Waals surface area contributed by atoms with Crippen molar-refractivity contribution in [3.05, 3.63) is 89.5 Å². The molecule has 6 heteroatoms. The van der Waals surface area contributed by atoms with Crippen molar-refractivity contribution in [2.24, 2.45) is 5.92 Å². The van der Waals surface area contributed by atoms with Gasteiger partial charge in [-0.05, 0) is 50.5 Å². The molecule has 1 fully saturated rings. The molecule has 0 radical (unpaired) electrons. The number of hydrogen-bond acceptors (Lipinski definition) is 4. The minimum Gasteiger partial charge on any atom is -0.494 e. The third kappa shape index (κ3) is 5.23. The summed E-state index contributed by atoms with van der Waals surface area (Å²) in [5.74, 6) is 1.95. The number of carbonyl (C=O) groups is 1. The minimum absolute atomic E-state index is 0.00936. The quantitative estimate of drug-likeness (QED) is 0.369. The van der Waals surface area contributed by atoms with Crippen LogP contribution in [0.4, 0.5) is 5.95 Å². The van der Waals surface area contributed by atoms with Crippen molar-refractivity contribution >= 4 is 22.9 Å². The maximum atomic E-state index is 13.0. The van der Waals surface area contributed by atoms with Crippen LogP contribution in [0.1, 0.15) is 36.5 Å². The first kappa shape index (κ1) is 23.9. The van der Waals surface area contributed by atoms with Crippen molar-refractivity contribution in [2.45, 2.75) is 39.8 Å². The van der Waals surface area contributed by atoms with E-state index in [4.69, 9.17) is 9.72 Å². The Morgan fingerprint density at radius 2 is 1.81 bits per heavy atom. The summed E-state index contributed by atoms with van der Waals surface area (Å²) in [6, 6.07) is 24.9. The van der Waals surface area contributed by atoms with Gasteiger partial charge < -0.3 is 19.5 Å². The molecule has 186 valence electrons. The van der Waals surface area contributed by atoms with Crippen molar-refractivity contribution in [2.75, 3.05) is 24.6 Å². The minimum atomic E-state index is 0.00936. The van der Waals surface area contributed by atoms with Crippen molar-refractivity contribution in [1.82, 2.24) is 14.9 Å². The zero-order valence-electron chi connectivity index (χ0n) is 21.1. The number of aromatic nitrogens is 2. The number of amides is 1. The van der Waals surface area contributed by atoms with Crippen LogP contribution in [0.15, 0.2) is 72.8 Å². The highest BCUT2D eigenvalue weighted by atomic mass is 16.5. The second kappa shape index (κ2) is 10.9. The molecule has 1 N–H and O–H groups in total. The van der Waals surface area contributed by atoms with Crippen LogP contribution in [0.5, 0.6) is 5.75 Å². The number of rotatable bonds is 8. The normalized spacial score (nSPS) is 14.2. The summed E-state index contributed by atoms with van der Waals surface area (Å²) in [7, 11) is 0. The van der Waals surface area contributed by atoms with Crippen LogP contribution in [0.2, 0.25) is 0 Å². The molecule has 1 saturated heterocycles. The fourth-order valence-electron chi connectivity index (χ4n) is 5.07. The van der Waals surface area contributed by atoms with E-state index in [2.05, 4.69) is 64.2 Å². The lowest BCUT2D eigenvalue weighted by atomic mass is 9.96. The topological polar surface area (TPSA) is 59.4 Å². The second-order valence-electron chi connectivity index (χ2n) is 9.50. The molecule has 0 unspecified atom stereocenters. The highest BCUT2D eigenvalue weighted by Crippen LogP contribution is 2.28. The number of nitrogens with zero attached hydrogens (tertiary/aromatic N) is 3. The predicted molar refractivity (Wildman–Crippen MR) is 144 cm³/mol. The van der Waals surface area contributed by atoms with Crippen LogP contribution in [-0.4, -0.2) is 35.2 Å². The van der Waals surface area contributed by atoms with Crippen molar-refractivity contribution in [1.29, 1.82) is 0 Å². The van der Waals surface area contributed by atoms with Crippen LogP contribution in [0, 0.1) is 12.8 Å². The Kier molecular flexibility index (Phi) is 7.21. The Morgan fingerprint density at radius 3 is 2.61 bits per heavy atom. The first-order valence-electron chi connectivity index (χ1n) is 12.9. The molecule has 0 aliphatic carbocycles. The standard InChI is InChI=1S/C30H34N4O2/c1-3-36-28-14-7-4-11-25(28)20-31-29(35)24-15-17-33(18-16-24)30-32-26-12-5-6-13-27(26)34(30)21-23-10-8-9-22(2)19-23/h4-14,19,24H,3,15-18,20-21H2,1-2H3,(H,31,35). The summed E-state index contributed by atoms with van der Waals surface area (Å²) < 4.78 is 8.01. The Balaban J connectivity index is 1.26. The monoisotopic (exact) mass is 482 g/mol. The number of imidazole rings is 1. The van der Waals surface area contributed by atoms with Gasteiger partial charge in [0.2, 0.25) is 11.9 Å². The van der Waals surface area contributed by atoms with Gasteiger partial charge in [0.15, 0.2) is 0 Å². The molecule has 1 aliphatic heterocycles. The predicted octanol–water partition coefficient (Wildman–Crippen LogP) is 5.32. The van der Waals surface area contributed by atoms with E-state index in [0.717, 1.165) is 60.8 Å². The third-order valence-corrected chi connectivity index (χ3v) is 6.93. The van der Waals surface area contributed by atoms with E-state index in [9.17, 15) is 4.79 Å². The maximum Gasteiger partial charge on any atom is 0.223 e. The Bertz CT molecular complexity index is 1340. The van der Waals surface area contributed by atoms with Gasteiger partial charge in [0.05, 0.1) is 24.2 Å². The van der Waals surface area contributed by atoms with Crippen LogP contribution in [0.3, 0.4) is 0 Å². The van der Waals surface area contributed by atoms with Crippen molar-refractivity contribution < 1.29 is 9.53 Å². The van der Waals surface area contributed by atoms with Gasteiger partial charge in [-0.25, -0.2) is 4.98 Å². The van der Waals surface area contributed by atoms with Gasteiger partial charge in [0.1, 0.15) is 5.75 Å². The molecule has 3 aromatic carbocycles. The van der Waals surface area contributed by atoms with Gasteiger partial charge in [-0.3, -0.25) is 4.79 Å². The van der Waals surface area contributed by atoms with Crippen molar-refractivity contribution in [3.63, 3.8) is 0 Å². The Labute approximate surface area is 212 Å². The number of fused-ring (bicyclic) bond motifs is 1. The smallest absolute Gasteiger partial charge is 0.223 e. The van der Waals surface area contributed by atoms with Crippen LogP contribution >= 0.6 is 0 Å². The number of para-hydroxylation sites is 3. The van der Waals surface area contributed by atoms with Crippen molar-refractivity contribution in [3.8, 4) is 5.75 Å². The van der Waals surface area contributed by atoms with E-state index in [1.807, 2.05) is 37.3 Å². The molecular formula is C30H34N4O2. The van der Waals surface area contributed by atoms with Gasteiger partial charge in [0, 0.05) is 31.1 Å². The largest absolute Gasteiger partial charge is 0.494 e. The van der Waals surface area contributed by atoms with Gasteiger partial charge in [0.25, 0.3) is 0 Å². The molecule has 5 rings (SSSR count). The summed E-state index contributed by atoms with van der Waals surface area (Å²) in [5, 5.41) is 3.13. The number of benzene rings is 3. The number of anilines is 1. The van der Waals surface area contributed by atoms with E-state index in [1.54, 1.807) is 0 Å². The molecule has 0 saturated carbocycles. The summed E-state index contributed by atoms with van der Waals surface area (Å²) >= 11 is 0. The highest BCUT2D eigenvalue weighted by molar-refractivity contribution is 5.80. The number of carbonyl (C=O) groups excluding carboxylic acids is 1. The number of piperidine rings is 1. The van der Waals surface area contributed by atoms with Crippen LogP contribution < -0.4 is 15.0 Å². The lowest BCUT2D eigenvalue weighted by Gasteiger charge is -2.32. The molecule has 1 aromatic heterocycles. The zero-order chi connectivity index (χ0) is 24.9. The average molecular weight is 483 g/mol. The SMILES string of the molecule is CCOc1ccccc1CNC(=O)C1CCN(c2nc3ccccc3n2Cc2cccc(C)c2)CC1. The molecule has 36 heavy (non-hydrogen) atoms. The fourth-order valence-corrected chi connectivity index (χ4v) is 5.07. The molecule has 1 amide bonds. The van der Waals surface area contributed by atoms with E-state index in [1.165, 1.54) is 11.1 Å². The third-order valence-electron chi connectivity index (χ3n) is 6.93. The number of ether oxygens (including phenoxy) is 1. The van der Waals surface area contributed by atoms with E-state index >= 15 is 0 Å². The van der Waals surface area contributed by atoms with E-state index in [-0.39, 0.29) is 11.8 Å². The lowest BCUT2D eigenvalue weighted by molar-refractivity contribution is -0.125. The fraction of sp³-hybridized carbons (Fsp3) is 0.333. The van der Waals surface area contributed by atoms with Gasteiger partial charge in [-0.2, -0.15) is 0 Å². The number of aryl methyl sites for hydroxylation is 1. The maximum absolute atomic E-state index is 13.0. The van der Waals surface area contributed by atoms with E-state index < -0.39 is 0 Å². The molecule has 1 aliphatic rings. The molecule has 4 aromatic rings. The first-order chi connectivity index (χ1) is 17.6. The van der Waals surface area contributed by atoms with Crippen LogP contribution in [0.25, 0.3) is 11.0 Å². The second-order valence-corrected chi connectivity index (χ2v) is 9.50. The molecular weight excluding hydrogens is 448 g/mol. The number of nitrogens with one attached hydrogen (secondary N) is 1. The average Bonchev–Trinajstić information content (AvgIpc) is 3.26. The lowest BCUT2D eigenvalue weighted by Crippen LogP contribution is -2.41. The van der Waals surface area contributed by atoms with Gasteiger partial charge >= 0.3 is 0 Å². The highest BCUT2D eigenvalue weighted by Gasteiger charge is 2.27. The first-order valence-corrected chi connectivity index (χ1v) is 12.9. The number of hydrogen-bond donors (Lipinski definition) is 1. The summed E-state index contributed by atoms with van der Waals surface area (Å²) in [4.78, 5) is 20.3. The van der Waals surface area contributed by atoms with Gasteiger partial charge in [-0.15, -0.1) is 0 Å². The molecule has 0 spiro atoms. The van der Waals surface area contributed by atoms with Crippen LogP contribution in [-0.2, 0) is 17.9 Å².